The number of benzene rings is 1. The van der Waals surface area contributed by atoms with Crippen LogP contribution in [0.4, 0.5) is 0 Å². The van der Waals surface area contributed by atoms with Crippen molar-refractivity contribution in [3.05, 3.63) is 29.8 Å². The molecule has 1 aromatic rings. The Hall–Kier alpha value is -1.55. The highest BCUT2D eigenvalue weighted by molar-refractivity contribution is 5.76. The summed E-state index contributed by atoms with van der Waals surface area (Å²) in [5, 5.41) is 12.8. The highest BCUT2D eigenvalue weighted by Crippen LogP contribution is 2.23. The molecule has 0 radical (unpaired) electrons. The van der Waals surface area contributed by atoms with Crippen molar-refractivity contribution >= 4 is 5.91 Å². The van der Waals surface area contributed by atoms with Crippen LogP contribution in [-0.4, -0.2) is 30.3 Å². The van der Waals surface area contributed by atoms with Gasteiger partial charge in [-0.15, -0.1) is 0 Å². The number of nitrogens with one attached hydrogen (secondary N) is 1. The normalized spacial score (nSPS) is 21.8. The van der Waals surface area contributed by atoms with Crippen LogP contribution in [0.15, 0.2) is 24.3 Å². The van der Waals surface area contributed by atoms with Crippen LogP contribution in [0.5, 0.6) is 5.75 Å². The van der Waals surface area contributed by atoms with Crippen LogP contribution < -0.4 is 10.1 Å². The summed E-state index contributed by atoms with van der Waals surface area (Å²) in [6, 6.07) is 7.78. The van der Waals surface area contributed by atoms with Crippen LogP contribution in [0, 0.1) is 12.8 Å². The van der Waals surface area contributed by atoms with E-state index in [-0.39, 0.29) is 17.9 Å². The summed E-state index contributed by atoms with van der Waals surface area (Å²) in [6.45, 7) is 2.94. The van der Waals surface area contributed by atoms with E-state index in [4.69, 9.17) is 4.74 Å². The molecule has 0 aromatic heterocycles. The Morgan fingerprint density at radius 3 is 2.86 bits per heavy atom. The van der Waals surface area contributed by atoms with Gasteiger partial charge in [-0.2, -0.15) is 0 Å². The molecule has 1 amide bonds. The van der Waals surface area contributed by atoms with Crippen molar-refractivity contribution in [2.75, 3.05) is 13.2 Å². The molecule has 0 heterocycles. The van der Waals surface area contributed by atoms with Gasteiger partial charge in [-0.05, 0) is 31.4 Å². The molecule has 0 saturated heterocycles. The van der Waals surface area contributed by atoms with Gasteiger partial charge >= 0.3 is 0 Å². The lowest BCUT2D eigenvalue weighted by Crippen LogP contribution is -2.37. The van der Waals surface area contributed by atoms with E-state index in [1.54, 1.807) is 0 Å². The first-order valence-corrected chi connectivity index (χ1v) is 7.80. The Bertz CT molecular complexity index is 461. The summed E-state index contributed by atoms with van der Waals surface area (Å²) in [4.78, 5) is 11.8. The van der Waals surface area contributed by atoms with E-state index in [9.17, 15) is 9.90 Å². The van der Waals surface area contributed by atoms with E-state index in [2.05, 4.69) is 5.32 Å². The number of hydrogen-bond acceptors (Lipinski definition) is 3. The van der Waals surface area contributed by atoms with Gasteiger partial charge in [0.15, 0.2) is 0 Å². The van der Waals surface area contributed by atoms with E-state index < -0.39 is 0 Å². The molecular weight excluding hydrogens is 266 g/mol. The summed E-state index contributed by atoms with van der Waals surface area (Å²) in [5.41, 5.74) is 1.07. The van der Waals surface area contributed by atoms with Crippen molar-refractivity contribution < 1.29 is 14.6 Å². The van der Waals surface area contributed by atoms with Gasteiger partial charge < -0.3 is 15.2 Å². The summed E-state index contributed by atoms with van der Waals surface area (Å²) in [7, 11) is 0. The molecule has 4 heteroatoms. The molecule has 2 N–H and O–H groups in total. The minimum absolute atomic E-state index is 0.0126. The Morgan fingerprint density at radius 1 is 1.33 bits per heavy atom. The molecule has 2 unspecified atom stereocenters. The van der Waals surface area contributed by atoms with E-state index in [0.29, 0.717) is 19.6 Å². The predicted octanol–water partition coefficient (Wildman–Crippen LogP) is 2.43. The van der Waals surface area contributed by atoms with Gasteiger partial charge in [0.2, 0.25) is 5.91 Å². The molecule has 21 heavy (non-hydrogen) atoms. The summed E-state index contributed by atoms with van der Waals surface area (Å²) in [5.74, 6) is 1.02. The van der Waals surface area contributed by atoms with Crippen LogP contribution in [0.2, 0.25) is 0 Å². The average Bonchev–Trinajstić information content (AvgIpc) is 2.48. The number of ether oxygens (including phenoxy) is 1. The van der Waals surface area contributed by atoms with Gasteiger partial charge in [0, 0.05) is 12.5 Å². The molecular formula is C17H25NO3. The SMILES string of the molecule is Cc1ccccc1OCCC(=O)NCC1CCCCC1O. The van der Waals surface area contributed by atoms with Gasteiger partial charge in [0.25, 0.3) is 0 Å². The van der Waals surface area contributed by atoms with Crippen molar-refractivity contribution in [3.8, 4) is 5.75 Å². The maximum atomic E-state index is 11.8. The predicted molar refractivity (Wildman–Crippen MR) is 82.3 cm³/mol. The molecule has 1 aliphatic rings. The lowest BCUT2D eigenvalue weighted by Gasteiger charge is -2.27. The quantitative estimate of drug-likeness (QED) is 0.846. The second-order valence-electron chi connectivity index (χ2n) is 5.78. The number of aryl methyl sites for hydroxylation is 1. The standard InChI is InChI=1S/C17H25NO3/c1-13-6-2-5-9-16(13)21-11-10-17(20)18-12-14-7-3-4-8-15(14)19/h2,5-6,9,14-15,19H,3-4,7-8,10-12H2,1H3,(H,18,20). The molecule has 1 fully saturated rings. The van der Waals surface area contributed by atoms with Crippen molar-refractivity contribution in [2.45, 2.75) is 45.1 Å². The highest BCUT2D eigenvalue weighted by atomic mass is 16.5. The molecule has 116 valence electrons. The zero-order chi connectivity index (χ0) is 15.1. The molecule has 1 saturated carbocycles. The summed E-state index contributed by atoms with van der Waals surface area (Å²) >= 11 is 0. The molecule has 0 spiro atoms. The monoisotopic (exact) mass is 291 g/mol. The van der Waals surface area contributed by atoms with Gasteiger partial charge in [-0.1, -0.05) is 31.0 Å². The smallest absolute Gasteiger partial charge is 0.223 e. The number of hydrogen-bond donors (Lipinski definition) is 2. The number of rotatable bonds is 6. The third-order valence-electron chi connectivity index (χ3n) is 4.11. The van der Waals surface area contributed by atoms with E-state index in [1.807, 2.05) is 31.2 Å². The Labute approximate surface area is 126 Å². The van der Waals surface area contributed by atoms with E-state index >= 15 is 0 Å². The van der Waals surface area contributed by atoms with Gasteiger partial charge in [-0.25, -0.2) is 0 Å². The van der Waals surface area contributed by atoms with Crippen molar-refractivity contribution in [2.24, 2.45) is 5.92 Å². The van der Waals surface area contributed by atoms with Crippen molar-refractivity contribution in [1.29, 1.82) is 0 Å². The fourth-order valence-corrected chi connectivity index (χ4v) is 2.73. The molecule has 2 rings (SSSR count). The second kappa shape index (κ2) is 8.03. The number of aliphatic hydroxyl groups excluding tert-OH is 1. The lowest BCUT2D eigenvalue weighted by molar-refractivity contribution is -0.122. The number of carbonyl (C=O) groups is 1. The molecule has 1 aromatic carbocycles. The summed E-state index contributed by atoms with van der Waals surface area (Å²) in [6.07, 6.45) is 4.18. The Kier molecular flexibility index (Phi) is 6.05. The third-order valence-corrected chi connectivity index (χ3v) is 4.11. The van der Waals surface area contributed by atoms with Gasteiger partial charge in [0.05, 0.1) is 19.1 Å². The first kappa shape index (κ1) is 15.8. The van der Waals surface area contributed by atoms with Crippen LogP contribution in [0.1, 0.15) is 37.7 Å². The fraction of sp³-hybridized carbons (Fsp3) is 0.588. The first-order chi connectivity index (χ1) is 10.2. The second-order valence-corrected chi connectivity index (χ2v) is 5.78. The van der Waals surface area contributed by atoms with E-state index in [1.165, 1.54) is 0 Å². The Morgan fingerprint density at radius 2 is 2.10 bits per heavy atom. The van der Waals surface area contributed by atoms with Crippen molar-refractivity contribution in [3.63, 3.8) is 0 Å². The highest BCUT2D eigenvalue weighted by Gasteiger charge is 2.23. The van der Waals surface area contributed by atoms with Crippen LogP contribution in [-0.2, 0) is 4.79 Å². The molecule has 2 atom stereocenters. The first-order valence-electron chi connectivity index (χ1n) is 7.80. The minimum Gasteiger partial charge on any atom is -0.493 e. The molecule has 4 nitrogen and oxygen atoms in total. The maximum Gasteiger partial charge on any atom is 0.223 e. The minimum atomic E-state index is -0.262. The van der Waals surface area contributed by atoms with Crippen LogP contribution >= 0.6 is 0 Å². The largest absolute Gasteiger partial charge is 0.493 e. The Balaban J connectivity index is 1.64. The summed E-state index contributed by atoms with van der Waals surface area (Å²) < 4.78 is 5.61. The van der Waals surface area contributed by atoms with E-state index in [0.717, 1.165) is 37.0 Å². The number of carbonyl (C=O) groups excluding carboxylic acids is 1. The maximum absolute atomic E-state index is 11.8. The topological polar surface area (TPSA) is 58.6 Å². The lowest BCUT2D eigenvalue weighted by atomic mass is 9.86. The molecule has 1 aliphatic carbocycles. The number of amides is 1. The number of aliphatic hydroxyl groups is 1. The number of para-hydroxylation sites is 1. The average molecular weight is 291 g/mol. The fourth-order valence-electron chi connectivity index (χ4n) is 2.73. The zero-order valence-electron chi connectivity index (χ0n) is 12.7. The van der Waals surface area contributed by atoms with Crippen molar-refractivity contribution in [1.82, 2.24) is 5.32 Å². The zero-order valence-corrected chi connectivity index (χ0v) is 12.7. The molecule has 0 bridgehead atoms. The van der Waals surface area contributed by atoms with Crippen LogP contribution in [0.3, 0.4) is 0 Å². The van der Waals surface area contributed by atoms with Gasteiger partial charge in [0.1, 0.15) is 5.75 Å². The molecule has 0 aliphatic heterocycles. The van der Waals surface area contributed by atoms with Gasteiger partial charge in [-0.3, -0.25) is 4.79 Å². The third kappa shape index (κ3) is 5.05. The van der Waals surface area contributed by atoms with Crippen LogP contribution in [0.25, 0.3) is 0 Å².